The van der Waals surface area contributed by atoms with E-state index < -0.39 is 0 Å². The lowest BCUT2D eigenvalue weighted by molar-refractivity contribution is 0.0613. The van der Waals surface area contributed by atoms with Crippen molar-refractivity contribution in [2.45, 2.75) is 19.8 Å². The van der Waals surface area contributed by atoms with Gasteiger partial charge in [-0.25, -0.2) is 0 Å². The first-order valence-corrected chi connectivity index (χ1v) is 6.76. The van der Waals surface area contributed by atoms with Gasteiger partial charge in [-0.2, -0.15) is 0 Å². The fourth-order valence-corrected chi connectivity index (χ4v) is 2.58. The molecule has 1 aromatic rings. The van der Waals surface area contributed by atoms with Crippen LogP contribution >= 0.6 is 0 Å². The van der Waals surface area contributed by atoms with Crippen LogP contribution in [0.4, 0.5) is 5.69 Å². The summed E-state index contributed by atoms with van der Waals surface area (Å²) in [5.41, 5.74) is 8.12. The molecule has 1 aromatic carbocycles. The summed E-state index contributed by atoms with van der Waals surface area (Å²) in [6.45, 7) is 4.35. The molecule has 104 valence electrons. The first kappa shape index (κ1) is 13.9. The molecule has 1 heterocycles. The monoisotopic (exact) mass is 262 g/mol. The standard InChI is InChI=1S/C15H22N2O2/c1-11-3-4-13(16)9-14(11)15(18)17-7-5-12(6-8-17)10-19-2/h3-4,9,12H,5-8,10,16H2,1-2H3. The minimum Gasteiger partial charge on any atom is -0.399 e. The van der Waals surface area contributed by atoms with E-state index >= 15 is 0 Å². The molecule has 2 N–H and O–H groups in total. The van der Waals surface area contributed by atoms with Crippen LogP contribution in [0.2, 0.25) is 0 Å². The van der Waals surface area contributed by atoms with Gasteiger partial charge in [-0.15, -0.1) is 0 Å². The van der Waals surface area contributed by atoms with Crippen molar-refractivity contribution in [3.63, 3.8) is 0 Å². The Morgan fingerprint density at radius 1 is 1.42 bits per heavy atom. The summed E-state index contributed by atoms with van der Waals surface area (Å²) in [4.78, 5) is 14.4. The lowest BCUT2D eigenvalue weighted by Gasteiger charge is -2.32. The number of nitrogen functional groups attached to an aromatic ring is 1. The maximum Gasteiger partial charge on any atom is 0.254 e. The fraction of sp³-hybridized carbons (Fsp3) is 0.533. The molecule has 0 spiro atoms. The van der Waals surface area contributed by atoms with Gasteiger partial charge < -0.3 is 15.4 Å². The van der Waals surface area contributed by atoms with Gasteiger partial charge in [-0.3, -0.25) is 4.79 Å². The van der Waals surface area contributed by atoms with Crippen LogP contribution in [-0.4, -0.2) is 37.6 Å². The molecule has 2 rings (SSSR count). The van der Waals surface area contributed by atoms with Crippen molar-refractivity contribution in [1.82, 2.24) is 4.90 Å². The lowest BCUT2D eigenvalue weighted by atomic mass is 9.96. The summed E-state index contributed by atoms with van der Waals surface area (Å²) in [5.74, 6) is 0.677. The van der Waals surface area contributed by atoms with Gasteiger partial charge in [0, 0.05) is 38.1 Å². The SMILES string of the molecule is COCC1CCN(C(=O)c2cc(N)ccc2C)CC1. The third-order valence-corrected chi connectivity index (χ3v) is 3.80. The van der Waals surface area contributed by atoms with E-state index in [-0.39, 0.29) is 5.91 Å². The van der Waals surface area contributed by atoms with E-state index in [1.807, 2.05) is 24.0 Å². The van der Waals surface area contributed by atoms with Crippen molar-refractivity contribution in [2.75, 3.05) is 32.5 Å². The second-order valence-electron chi connectivity index (χ2n) is 5.27. The van der Waals surface area contributed by atoms with Crippen LogP contribution in [0.3, 0.4) is 0 Å². The molecule has 1 aliphatic rings. The predicted octanol–water partition coefficient (Wildman–Crippen LogP) is 2.08. The van der Waals surface area contributed by atoms with Crippen LogP contribution in [0.25, 0.3) is 0 Å². The Balaban J connectivity index is 2.03. The number of likely N-dealkylation sites (tertiary alicyclic amines) is 1. The molecular weight excluding hydrogens is 240 g/mol. The minimum absolute atomic E-state index is 0.0978. The predicted molar refractivity (Wildman–Crippen MR) is 76.1 cm³/mol. The Morgan fingerprint density at radius 3 is 2.74 bits per heavy atom. The number of hydrogen-bond donors (Lipinski definition) is 1. The van der Waals surface area contributed by atoms with Crippen LogP contribution in [-0.2, 0) is 4.74 Å². The van der Waals surface area contributed by atoms with Gasteiger partial charge in [0.15, 0.2) is 0 Å². The fourth-order valence-electron chi connectivity index (χ4n) is 2.58. The second-order valence-corrected chi connectivity index (χ2v) is 5.27. The van der Waals surface area contributed by atoms with Crippen LogP contribution in [0.5, 0.6) is 0 Å². The van der Waals surface area contributed by atoms with Crippen LogP contribution in [0, 0.1) is 12.8 Å². The van der Waals surface area contributed by atoms with Crippen LogP contribution in [0.15, 0.2) is 18.2 Å². The van der Waals surface area contributed by atoms with E-state index in [1.54, 1.807) is 13.2 Å². The molecule has 4 nitrogen and oxygen atoms in total. The van der Waals surface area contributed by atoms with E-state index in [9.17, 15) is 4.79 Å². The molecule has 0 saturated carbocycles. The van der Waals surface area contributed by atoms with Crippen molar-refractivity contribution < 1.29 is 9.53 Å². The number of aryl methyl sites for hydroxylation is 1. The number of anilines is 1. The van der Waals surface area contributed by atoms with E-state index in [2.05, 4.69) is 0 Å². The molecule has 1 fully saturated rings. The number of hydrogen-bond acceptors (Lipinski definition) is 3. The minimum atomic E-state index is 0.0978. The van der Waals surface area contributed by atoms with Gasteiger partial charge in [-0.05, 0) is 43.4 Å². The highest BCUT2D eigenvalue weighted by molar-refractivity contribution is 5.96. The lowest BCUT2D eigenvalue weighted by Crippen LogP contribution is -2.39. The van der Waals surface area contributed by atoms with Gasteiger partial charge in [0.2, 0.25) is 0 Å². The van der Waals surface area contributed by atoms with E-state index in [0.29, 0.717) is 11.6 Å². The molecule has 4 heteroatoms. The second kappa shape index (κ2) is 6.06. The summed E-state index contributed by atoms with van der Waals surface area (Å²) in [6.07, 6.45) is 2.03. The number of nitrogens with two attached hydrogens (primary N) is 1. The summed E-state index contributed by atoms with van der Waals surface area (Å²) >= 11 is 0. The van der Waals surface area contributed by atoms with Gasteiger partial charge in [0.25, 0.3) is 5.91 Å². The third kappa shape index (κ3) is 3.26. The highest BCUT2D eigenvalue weighted by Crippen LogP contribution is 2.21. The summed E-state index contributed by atoms with van der Waals surface area (Å²) < 4.78 is 5.18. The first-order valence-electron chi connectivity index (χ1n) is 6.76. The zero-order chi connectivity index (χ0) is 13.8. The Labute approximate surface area is 114 Å². The molecule has 0 unspecified atom stereocenters. The Hall–Kier alpha value is -1.55. The number of rotatable bonds is 3. The number of ether oxygens (including phenoxy) is 1. The average molecular weight is 262 g/mol. The Morgan fingerprint density at radius 2 is 2.11 bits per heavy atom. The molecule has 1 amide bonds. The molecule has 1 saturated heterocycles. The maximum absolute atomic E-state index is 12.5. The van der Waals surface area contributed by atoms with E-state index in [4.69, 9.17) is 10.5 Å². The zero-order valence-electron chi connectivity index (χ0n) is 11.7. The number of piperidine rings is 1. The molecule has 1 aliphatic heterocycles. The number of carbonyl (C=O) groups excluding carboxylic acids is 1. The smallest absolute Gasteiger partial charge is 0.254 e. The highest BCUT2D eigenvalue weighted by Gasteiger charge is 2.24. The molecule has 0 aliphatic carbocycles. The average Bonchev–Trinajstić information content (AvgIpc) is 2.42. The van der Waals surface area contributed by atoms with Gasteiger partial charge >= 0.3 is 0 Å². The van der Waals surface area contributed by atoms with Crippen LogP contribution in [0.1, 0.15) is 28.8 Å². The normalized spacial score (nSPS) is 16.6. The van der Waals surface area contributed by atoms with E-state index in [0.717, 1.165) is 43.7 Å². The number of carbonyl (C=O) groups is 1. The van der Waals surface area contributed by atoms with E-state index in [1.165, 1.54) is 0 Å². The van der Waals surface area contributed by atoms with Crippen molar-refractivity contribution in [2.24, 2.45) is 5.92 Å². The van der Waals surface area contributed by atoms with Crippen molar-refractivity contribution >= 4 is 11.6 Å². The summed E-state index contributed by atoms with van der Waals surface area (Å²) in [6, 6.07) is 5.51. The zero-order valence-corrected chi connectivity index (χ0v) is 11.7. The van der Waals surface area contributed by atoms with Gasteiger partial charge in [-0.1, -0.05) is 6.07 Å². The largest absolute Gasteiger partial charge is 0.399 e. The topological polar surface area (TPSA) is 55.6 Å². The quantitative estimate of drug-likeness (QED) is 0.848. The molecule has 0 atom stereocenters. The van der Waals surface area contributed by atoms with Crippen molar-refractivity contribution in [3.8, 4) is 0 Å². The van der Waals surface area contributed by atoms with Gasteiger partial charge in [0.1, 0.15) is 0 Å². The summed E-state index contributed by atoms with van der Waals surface area (Å²) in [7, 11) is 1.73. The number of benzene rings is 1. The molecule has 0 bridgehead atoms. The third-order valence-electron chi connectivity index (χ3n) is 3.80. The number of methoxy groups -OCH3 is 1. The number of amides is 1. The molecular formula is C15H22N2O2. The highest BCUT2D eigenvalue weighted by atomic mass is 16.5. The molecule has 0 aromatic heterocycles. The maximum atomic E-state index is 12.5. The van der Waals surface area contributed by atoms with Crippen molar-refractivity contribution in [1.29, 1.82) is 0 Å². The molecule has 19 heavy (non-hydrogen) atoms. The summed E-state index contributed by atoms with van der Waals surface area (Å²) in [5, 5.41) is 0. The van der Waals surface area contributed by atoms with Crippen LogP contribution < -0.4 is 5.73 Å². The first-order chi connectivity index (χ1) is 9.11. The van der Waals surface area contributed by atoms with Crippen molar-refractivity contribution in [3.05, 3.63) is 29.3 Å². The van der Waals surface area contributed by atoms with Gasteiger partial charge in [0.05, 0.1) is 0 Å². The Bertz CT molecular complexity index is 451. The number of nitrogens with zero attached hydrogens (tertiary/aromatic N) is 1. The Kier molecular flexibility index (Phi) is 4.43. The molecule has 0 radical (unpaired) electrons.